The number of benzene rings is 1. The van der Waals surface area contributed by atoms with Gasteiger partial charge in [0.15, 0.2) is 18.9 Å². The molecule has 0 bridgehead atoms. The number of halogens is 2. The molecule has 1 aliphatic rings. The molecule has 0 saturated carbocycles. The maximum atomic E-state index is 13.2. The molecule has 23 heavy (non-hydrogen) atoms. The molecule has 0 spiro atoms. The summed E-state index contributed by atoms with van der Waals surface area (Å²) in [5, 5.41) is 0. The van der Waals surface area contributed by atoms with Gasteiger partial charge >= 0.3 is 0 Å². The third-order valence-electron chi connectivity index (χ3n) is 3.71. The van der Waals surface area contributed by atoms with Crippen LogP contribution in [0.2, 0.25) is 0 Å². The van der Waals surface area contributed by atoms with Gasteiger partial charge in [-0.05, 0) is 17.7 Å². The predicted octanol–water partition coefficient (Wildman–Crippen LogP) is -1.19. The molecule has 3 rings (SSSR count). The summed E-state index contributed by atoms with van der Waals surface area (Å²) in [4.78, 5) is 24.5. The number of likely N-dealkylation sites (tertiary alicyclic amines) is 1. The second-order valence-corrected chi connectivity index (χ2v) is 5.38. The van der Waals surface area contributed by atoms with Gasteiger partial charge in [-0.15, -0.1) is 0 Å². The molecule has 120 valence electrons. The van der Waals surface area contributed by atoms with E-state index in [0.29, 0.717) is 25.9 Å². The number of amides is 2. The van der Waals surface area contributed by atoms with Crippen LogP contribution in [-0.4, -0.2) is 16.7 Å². The van der Waals surface area contributed by atoms with E-state index in [2.05, 4.69) is 0 Å². The molecule has 4 nitrogen and oxygen atoms in total. The average Bonchev–Trinajstić information content (AvgIpc) is 2.81. The SMILES string of the molecule is O=C1CCC(=O)N1Cc1cc[n+](Cc2cccc(F)c2)cc1.[Br-]. The van der Waals surface area contributed by atoms with Gasteiger partial charge in [-0.3, -0.25) is 14.5 Å². The highest BCUT2D eigenvalue weighted by Gasteiger charge is 2.28. The largest absolute Gasteiger partial charge is 1.00 e. The maximum absolute atomic E-state index is 13.2. The minimum Gasteiger partial charge on any atom is -1.00 e. The Morgan fingerprint density at radius 2 is 1.65 bits per heavy atom. The molecule has 1 saturated heterocycles. The van der Waals surface area contributed by atoms with E-state index in [0.717, 1.165) is 11.1 Å². The zero-order chi connectivity index (χ0) is 15.5. The van der Waals surface area contributed by atoms with Crippen molar-refractivity contribution >= 4 is 11.8 Å². The Hall–Kier alpha value is -2.08. The first kappa shape index (κ1) is 17.3. The van der Waals surface area contributed by atoms with Crippen molar-refractivity contribution < 1.29 is 35.5 Å². The van der Waals surface area contributed by atoms with Gasteiger partial charge in [-0.2, -0.15) is 0 Å². The molecular formula is C17H16BrFN2O2. The van der Waals surface area contributed by atoms with Crippen LogP contribution in [0.4, 0.5) is 4.39 Å². The number of hydrogen-bond donors (Lipinski definition) is 0. The van der Waals surface area contributed by atoms with E-state index in [1.165, 1.54) is 17.0 Å². The number of carbonyl (C=O) groups excluding carboxylic acids is 2. The molecule has 1 aromatic carbocycles. The Kier molecular flexibility index (Phi) is 5.60. The van der Waals surface area contributed by atoms with Crippen molar-refractivity contribution in [2.24, 2.45) is 0 Å². The second kappa shape index (κ2) is 7.46. The van der Waals surface area contributed by atoms with Crippen LogP contribution in [0.1, 0.15) is 24.0 Å². The average molecular weight is 379 g/mol. The lowest BCUT2D eigenvalue weighted by Gasteiger charge is -2.12. The summed E-state index contributed by atoms with van der Waals surface area (Å²) in [5.74, 6) is -0.469. The number of pyridine rings is 1. The molecule has 0 atom stereocenters. The molecule has 6 heteroatoms. The summed E-state index contributed by atoms with van der Waals surface area (Å²) in [7, 11) is 0. The molecule has 2 heterocycles. The van der Waals surface area contributed by atoms with Crippen LogP contribution in [0.5, 0.6) is 0 Å². The van der Waals surface area contributed by atoms with Gasteiger partial charge in [-0.25, -0.2) is 8.96 Å². The lowest BCUT2D eigenvalue weighted by molar-refractivity contribution is -0.688. The van der Waals surface area contributed by atoms with Gasteiger partial charge in [0.1, 0.15) is 5.82 Å². The fourth-order valence-corrected chi connectivity index (χ4v) is 2.53. The van der Waals surface area contributed by atoms with Crippen molar-refractivity contribution in [1.29, 1.82) is 0 Å². The standard InChI is InChI=1S/C17H16FN2O2.BrH/c18-15-3-1-2-14(10-15)11-19-8-6-13(7-9-19)12-20-16(21)4-5-17(20)22;/h1-3,6-10H,4-5,11-12H2;1H/q+1;/p-1. The van der Waals surface area contributed by atoms with E-state index >= 15 is 0 Å². The quantitative estimate of drug-likeness (QED) is 0.496. The topological polar surface area (TPSA) is 41.3 Å². The fraction of sp³-hybridized carbons (Fsp3) is 0.235. The van der Waals surface area contributed by atoms with Crippen LogP contribution in [0, 0.1) is 5.82 Å². The van der Waals surface area contributed by atoms with Crippen LogP contribution in [-0.2, 0) is 22.7 Å². The summed E-state index contributed by atoms with van der Waals surface area (Å²) in [5.41, 5.74) is 1.78. The Balaban J connectivity index is 0.00000192. The van der Waals surface area contributed by atoms with Crippen LogP contribution in [0.15, 0.2) is 48.8 Å². The Bertz CT molecular complexity index is 703. The van der Waals surface area contributed by atoms with E-state index in [-0.39, 0.29) is 34.6 Å². The highest BCUT2D eigenvalue weighted by molar-refractivity contribution is 6.01. The molecule has 0 unspecified atom stereocenters. The van der Waals surface area contributed by atoms with E-state index in [4.69, 9.17) is 0 Å². The van der Waals surface area contributed by atoms with Gasteiger partial charge in [0.25, 0.3) is 0 Å². The van der Waals surface area contributed by atoms with Crippen LogP contribution in [0.25, 0.3) is 0 Å². The first-order valence-corrected chi connectivity index (χ1v) is 7.17. The van der Waals surface area contributed by atoms with E-state index in [1.807, 2.05) is 35.2 Å². The molecule has 1 aromatic heterocycles. The third kappa shape index (κ3) is 4.22. The molecule has 0 aliphatic carbocycles. The minimum absolute atomic E-state index is 0. The minimum atomic E-state index is -0.249. The zero-order valence-electron chi connectivity index (χ0n) is 12.4. The number of imide groups is 1. The maximum Gasteiger partial charge on any atom is 0.229 e. The first-order valence-electron chi connectivity index (χ1n) is 7.17. The van der Waals surface area contributed by atoms with Crippen molar-refractivity contribution in [3.05, 3.63) is 65.7 Å². The van der Waals surface area contributed by atoms with E-state index in [1.54, 1.807) is 6.07 Å². The highest BCUT2D eigenvalue weighted by Crippen LogP contribution is 2.15. The lowest BCUT2D eigenvalue weighted by atomic mass is 10.2. The molecule has 0 N–H and O–H groups in total. The van der Waals surface area contributed by atoms with E-state index < -0.39 is 0 Å². The van der Waals surface area contributed by atoms with Gasteiger partial charge in [0.2, 0.25) is 11.8 Å². The Morgan fingerprint density at radius 3 is 2.26 bits per heavy atom. The number of aromatic nitrogens is 1. The van der Waals surface area contributed by atoms with Crippen molar-refractivity contribution in [1.82, 2.24) is 4.90 Å². The third-order valence-corrected chi connectivity index (χ3v) is 3.71. The predicted molar refractivity (Wildman–Crippen MR) is 76.9 cm³/mol. The lowest BCUT2D eigenvalue weighted by Crippen LogP contribution is -3.00. The molecule has 0 radical (unpaired) electrons. The number of hydrogen-bond acceptors (Lipinski definition) is 2. The van der Waals surface area contributed by atoms with Gasteiger partial charge in [0.05, 0.1) is 6.54 Å². The highest BCUT2D eigenvalue weighted by atomic mass is 79.9. The molecule has 1 aliphatic heterocycles. The normalized spacial score (nSPS) is 14.0. The smallest absolute Gasteiger partial charge is 0.229 e. The summed E-state index contributed by atoms with van der Waals surface area (Å²) >= 11 is 0. The van der Waals surface area contributed by atoms with Crippen molar-refractivity contribution in [3.8, 4) is 0 Å². The number of nitrogens with zero attached hydrogens (tertiary/aromatic N) is 2. The monoisotopic (exact) mass is 378 g/mol. The van der Waals surface area contributed by atoms with Gasteiger partial charge in [-0.1, -0.05) is 12.1 Å². The number of carbonyl (C=O) groups is 2. The van der Waals surface area contributed by atoms with Crippen LogP contribution < -0.4 is 21.5 Å². The molecule has 2 aromatic rings. The fourth-order valence-electron chi connectivity index (χ4n) is 2.53. The molecule has 1 fully saturated rings. The summed E-state index contributed by atoms with van der Waals surface area (Å²) < 4.78 is 15.1. The van der Waals surface area contributed by atoms with Crippen molar-refractivity contribution in [2.45, 2.75) is 25.9 Å². The van der Waals surface area contributed by atoms with Crippen molar-refractivity contribution in [3.63, 3.8) is 0 Å². The van der Waals surface area contributed by atoms with Gasteiger partial charge in [0, 0.05) is 30.5 Å². The zero-order valence-corrected chi connectivity index (χ0v) is 14.0. The summed E-state index contributed by atoms with van der Waals surface area (Å²) in [6.07, 6.45) is 4.35. The summed E-state index contributed by atoms with van der Waals surface area (Å²) in [6.45, 7) is 0.887. The Morgan fingerprint density at radius 1 is 1.00 bits per heavy atom. The van der Waals surface area contributed by atoms with E-state index in [9.17, 15) is 14.0 Å². The summed E-state index contributed by atoms with van der Waals surface area (Å²) in [6, 6.07) is 10.2. The molecular weight excluding hydrogens is 363 g/mol. The van der Waals surface area contributed by atoms with Crippen molar-refractivity contribution in [2.75, 3.05) is 0 Å². The van der Waals surface area contributed by atoms with Crippen LogP contribution in [0.3, 0.4) is 0 Å². The number of rotatable bonds is 4. The Labute approximate surface area is 144 Å². The second-order valence-electron chi connectivity index (χ2n) is 5.38. The van der Waals surface area contributed by atoms with Crippen LogP contribution >= 0.6 is 0 Å². The first-order chi connectivity index (χ1) is 10.6. The molecule has 2 amide bonds. The van der Waals surface area contributed by atoms with Gasteiger partial charge < -0.3 is 17.0 Å².